The molecule has 0 fully saturated rings. The molecular weight excluding hydrogens is 433 g/mol. The van der Waals surface area contributed by atoms with Crippen LogP contribution in [0.2, 0.25) is 0 Å². The second-order valence-corrected chi connectivity index (χ2v) is 8.43. The van der Waals surface area contributed by atoms with Crippen LogP contribution >= 0.6 is 67.8 Å². The second kappa shape index (κ2) is 3.35. The molecule has 1 unspecified atom stereocenters. The normalized spacial score (nSPS) is 16.7. The quantitative estimate of drug-likeness (QED) is 0.493. The van der Waals surface area contributed by atoms with Crippen LogP contribution in [0.15, 0.2) is 0 Å². The summed E-state index contributed by atoms with van der Waals surface area (Å²) in [6.45, 7) is 1.97. The smallest absolute Gasteiger partial charge is 0.178 e. The minimum atomic E-state index is -0.573. The Kier molecular flexibility index (Phi) is 4.38. The second-order valence-electron chi connectivity index (χ2n) is 1.20. The summed E-state index contributed by atoms with van der Waals surface area (Å²) in [4.78, 5) is 0. The van der Waals surface area contributed by atoms with Gasteiger partial charge in [0.25, 0.3) is 0 Å². The van der Waals surface area contributed by atoms with Crippen LogP contribution in [0, 0.1) is 0 Å². The fourth-order valence-corrected chi connectivity index (χ4v) is 0. The molecule has 0 aromatic carbocycles. The summed E-state index contributed by atoms with van der Waals surface area (Å²) in [7, 11) is 0. The molecule has 0 heterocycles. The summed E-state index contributed by atoms with van der Waals surface area (Å²) in [5.41, 5.74) is 0. The number of hydrogen-bond donors (Lipinski definition) is 1. The zero-order chi connectivity index (χ0) is 6.08. The van der Waals surface area contributed by atoms with Crippen molar-refractivity contribution in [2.45, 2.75) is 12.5 Å². The fourth-order valence-electron chi connectivity index (χ4n) is 0. The van der Waals surface area contributed by atoms with Crippen molar-refractivity contribution in [2.75, 3.05) is 0 Å². The first-order valence-corrected chi connectivity index (χ1v) is 5.09. The van der Waals surface area contributed by atoms with Crippen LogP contribution in [0.1, 0.15) is 6.92 Å². The fraction of sp³-hybridized carbons (Fsp3) is 1.00. The minimum Gasteiger partial charge on any atom is -0.370 e. The highest BCUT2D eigenvalue weighted by atomic mass is 127. The van der Waals surface area contributed by atoms with Crippen LogP contribution in [0.4, 0.5) is 0 Å². The Morgan fingerprint density at radius 3 is 1.71 bits per heavy atom. The van der Waals surface area contributed by atoms with Crippen molar-refractivity contribution in [3.8, 4) is 0 Å². The van der Waals surface area contributed by atoms with E-state index in [4.69, 9.17) is 5.11 Å². The Hall–Kier alpha value is 2.15. The van der Waals surface area contributed by atoms with E-state index in [1.54, 1.807) is 0 Å². The monoisotopic (exact) mass is 438 g/mol. The van der Waals surface area contributed by atoms with Crippen molar-refractivity contribution in [1.29, 1.82) is 0 Å². The van der Waals surface area contributed by atoms with Crippen molar-refractivity contribution in [3.05, 3.63) is 0 Å². The van der Waals surface area contributed by atoms with Crippen molar-refractivity contribution in [3.63, 3.8) is 0 Å². The van der Waals surface area contributed by atoms with Gasteiger partial charge in [0.1, 0.15) is 0 Å². The highest BCUT2D eigenvalue weighted by molar-refractivity contribution is 14.2. The van der Waals surface area contributed by atoms with Gasteiger partial charge in [-0.15, -0.1) is 0 Å². The summed E-state index contributed by atoms with van der Waals surface area (Å²) in [6, 6.07) is 0. The molecule has 0 aromatic heterocycles. The first-order valence-electron chi connectivity index (χ1n) is 1.69. The van der Waals surface area contributed by atoms with Gasteiger partial charge >= 0.3 is 0 Å². The highest BCUT2D eigenvalue weighted by Crippen LogP contribution is 2.32. The zero-order valence-electron chi connectivity index (χ0n) is 3.66. The van der Waals surface area contributed by atoms with Crippen LogP contribution in [0.5, 0.6) is 0 Å². The molecule has 0 saturated carbocycles. The number of hydrogen-bond acceptors (Lipinski definition) is 1. The van der Waals surface area contributed by atoms with E-state index in [1.165, 1.54) is 0 Å². The third kappa shape index (κ3) is 4.64. The summed E-state index contributed by atoms with van der Waals surface area (Å²) in [6.07, 6.45) is 0. The molecule has 1 atom stereocenters. The first-order chi connectivity index (χ1) is 2.94. The molecule has 1 N–H and O–H groups in total. The van der Waals surface area contributed by atoms with Gasteiger partial charge in [-0.25, -0.2) is 0 Å². The third-order valence-corrected chi connectivity index (χ3v) is 5.63. The summed E-state index contributed by atoms with van der Waals surface area (Å²) < 4.78 is -0.276. The van der Waals surface area contributed by atoms with E-state index >= 15 is 0 Å². The van der Waals surface area contributed by atoms with Crippen LogP contribution in [0.3, 0.4) is 0 Å². The molecule has 0 bridgehead atoms. The topological polar surface area (TPSA) is 20.2 Å². The maximum atomic E-state index is 9.06. The molecule has 0 spiro atoms. The molecule has 0 saturated heterocycles. The first kappa shape index (κ1) is 9.15. The summed E-state index contributed by atoms with van der Waals surface area (Å²) in [5, 5.41) is 9.06. The molecule has 0 aromatic rings. The molecule has 0 aliphatic carbocycles. The molecular formula is C3H5I3O. The molecule has 1 nitrogen and oxygen atoms in total. The zero-order valence-corrected chi connectivity index (χ0v) is 10.1. The maximum Gasteiger partial charge on any atom is 0.178 e. The number of aliphatic hydroxyl groups is 1. The Morgan fingerprint density at radius 1 is 1.57 bits per heavy atom. The predicted octanol–water partition coefficient (Wildman–Crippen LogP) is 2.33. The Bertz CT molecular complexity index is 55.7. The summed E-state index contributed by atoms with van der Waals surface area (Å²) >= 11 is 6.19. The van der Waals surface area contributed by atoms with E-state index in [-0.39, 0.29) is 0 Å². The Labute approximate surface area is 84.0 Å². The number of alkyl halides is 3. The van der Waals surface area contributed by atoms with Crippen LogP contribution in [0.25, 0.3) is 0 Å². The molecule has 44 valence electrons. The Balaban J connectivity index is 3.54. The van der Waals surface area contributed by atoms with Gasteiger partial charge in [0, 0.05) is 0 Å². The highest BCUT2D eigenvalue weighted by Gasteiger charge is 2.23. The van der Waals surface area contributed by atoms with Gasteiger partial charge in [0.2, 0.25) is 0 Å². The van der Waals surface area contributed by atoms with Gasteiger partial charge in [0.15, 0.2) is 1.61 Å². The van der Waals surface area contributed by atoms with Crippen molar-refractivity contribution in [1.82, 2.24) is 0 Å². The number of rotatable bonds is 1. The van der Waals surface area contributed by atoms with Crippen molar-refractivity contribution >= 4 is 67.8 Å². The lowest BCUT2D eigenvalue weighted by Gasteiger charge is -2.14. The molecule has 0 radical (unpaired) electrons. The summed E-state index contributed by atoms with van der Waals surface area (Å²) in [5.74, 6) is 0. The predicted molar refractivity (Wildman–Crippen MR) is 56.5 cm³/mol. The third-order valence-electron chi connectivity index (χ3n) is 0.479. The van der Waals surface area contributed by atoms with Gasteiger partial charge in [-0.1, -0.05) is 22.6 Å². The standard InChI is InChI=1S/C3H5I3O/c1-2(4)3(5,6)7/h2,7H,1H3. The van der Waals surface area contributed by atoms with Crippen LogP contribution < -0.4 is 0 Å². The molecule has 0 rings (SSSR count). The molecule has 0 aliphatic rings. The van der Waals surface area contributed by atoms with Gasteiger partial charge < -0.3 is 5.11 Å². The van der Waals surface area contributed by atoms with E-state index in [9.17, 15) is 0 Å². The van der Waals surface area contributed by atoms with Crippen molar-refractivity contribution < 1.29 is 5.11 Å². The largest absolute Gasteiger partial charge is 0.370 e. The van der Waals surface area contributed by atoms with Gasteiger partial charge in [-0.05, 0) is 52.1 Å². The lowest BCUT2D eigenvalue weighted by molar-refractivity contribution is 0.269. The van der Waals surface area contributed by atoms with Crippen molar-refractivity contribution in [2.24, 2.45) is 0 Å². The maximum absolute atomic E-state index is 9.06. The van der Waals surface area contributed by atoms with Gasteiger partial charge in [0.05, 0.1) is 3.92 Å². The SMILES string of the molecule is CC(I)C(O)(I)I. The Morgan fingerprint density at radius 2 is 1.71 bits per heavy atom. The lowest BCUT2D eigenvalue weighted by Crippen LogP contribution is -2.19. The number of halogens is 3. The van der Waals surface area contributed by atoms with Gasteiger partial charge in [-0.2, -0.15) is 0 Å². The van der Waals surface area contributed by atoms with Crippen LogP contribution in [-0.2, 0) is 0 Å². The van der Waals surface area contributed by atoms with E-state index in [0.717, 1.165) is 0 Å². The minimum absolute atomic E-state index is 0.297. The van der Waals surface area contributed by atoms with Crippen LogP contribution in [-0.4, -0.2) is 10.6 Å². The average Bonchev–Trinajstić information content (AvgIpc) is 1.31. The van der Waals surface area contributed by atoms with E-state index in [0.29, 0.717) is 3.92 Å². The van der Waals surface area contributed by atoms with E-state index in [1.807, 2.05) is 52.1 Å². The van der Waals surface area contributed by atoms with E-state index in [2.05, 4.69) is 22.6 Å². The van der Waals surface area contributed by atoms with Gasteiger partial charge in [-0.3, -0.25) is 0 Å². The average molecular weight is 438 g/mol. The van der Waals surface area contributed by atoms with E-state index < -0.39 is 1.61 Å². The molecule has 0 amide bonds. The molecule has 0 aliphatic heterocycles. The molecule has 7 heavy (non-hydrogen) atoms. The lowest BCUT2D eigenvalue weighted by atomic mass is 10.5. The molecule has 4 heteroatoms.